The highest BCUT2D eigenvalue weighted by molar-refractivity contribution is 5.81. The molecule has 0 spiro atoms. The van der Waals surface area contributed by atoms with Crippen LogP contribution in [0.2, 0.25) is 0 Å². The Kier molecular flexibility index (Phi) is 4.70. The molecular formula is C20H23N5O3. The number of piperidine rings is 1. The molecule has 3 aromatic heterocycles. The Morgan fingerprint density at radius 1 is 1.25 bits per heavy atom. The maximum atomic E-state index is 12.2. The van der Waals surface area contributed by atoms with Crippen LogP contribution >= 0.6 is 0 Å². The zero-order chi connectivity index (χ0) is 19.7. The van der Waals surface area contributed by atoms with Crippen molar-refractivity contribution in [1.29, 1.82) is 0 Å². The Morgan fingerprint density at radius 2 is 2.04 bits per heavy atom. The van der Waals surface area contributed by atoms with E-state index < -0.39 is 5.60 Å². The first-order chi connectivity index (χ1) is 13.4. The number of likely N-dealkylation sites (tertiary alicyclic amines) is 1. The minimum Gasteiger partial charge on any atom is -0.444 e. The summed E-state index contributed by atoms with van der Waals surface area (Å²) in [7, 11) is 0. The molecule has 0 radical (unpaired) electrons. The molecule has 1 aliphatic rings. The van der Waals surface area contributed by atoms with E-state index in [9.17, 15) is 4.79 Å². The number of carbonyl (C=O) groups is 1. The van der Waals surface area contributed by atoms with E-state index in [4.69, 9.17) is 9.26 Å². The van der Waals surface area contributed by atoms with Crippen molar-refractivity contribution in [2.75, 3.05) is 13.1 Å². The summed E-state index contributed by atoms with van der Waals surface area (Å²) >= 11 is 0. The van der Waals surface area contributed by atoms with Gasteiger partial charge in [-0.2, -0.15) is 4.98 Å². The van der Waals surface area contributed by atoms with Gasteiger partial charge in [-0.1, -0.05) is 5.16 Å². The third-order valence-corrected chi connectivity index (χ3v) is 4.69. The largest absolute Gasteiger partial charge is 0.444 e. The summed E-state index contributed by atoms with van der Waals surface area (Å²) in [6, 6.07) is 3.86. The molecule has 0 aromatic carbocycles. The number of aromatic nitrogens is 4. The normalized spacial score (nSPS) is 15.8. The van der Waals surface area contributed by atoms with Crippen molar-refractivity contribution >= 4 is 17.0 Å². The van der Waals surface area contributed by atoms with Gasteiger partial charge in [0, 0.05) is 36.8 Å². The number of ether oxygens (including phenoxy) is 1. The Balaban J connectivity index is 1.43. The summed E-state index contributed by atoms with van der Waals surface area (Å²) in [5.74, 6) is 1.29. The van der Waals surface area contributed by atoms with Gasteiger partial charge < -0.3 is 14.2 Å². The first-order valence-corrected chi connectivity index (χ1v) is 9.41. The van der Waals surface area contributed by atoms with Crippen molar-refractivity contribution in [2.45, 2.75) is 45.1 Å². The van der Waals surface area contributed by atoms with Gasteiger partial charge in [-0.3, -0.25) is 9.97 Å². The summed E-state index contributed by atoms with van der Waals surface area (Å²) in [5, 5.41) is 5.13. The van der Waals surface area contributed by atoms with Crippen LogP contribution in [0.1, 0.15) is 45.4 Å². The van der Waals surface area contributed by atoms with Crippen molar-refractivity contribution in [3.8, 4) is 11.5 Å². The number of amides is 1. The van der Waals surface area contributed by atoms with Gasteiger partial charge in [-0.05, 0) is 45.7 Å². The first kappa shape index (κ1) is 18.3. The molecule has 4 rings (SSSR count). The lowest BCUT2D eigenvalue weighted by molar-refractivity contribution is 0.0203. The van der Waals surface area contributed by atoms with Crippen molar-refractivity contribution in [1.82, 2.24) is 25.0 Å². The van der Waals surface area contributed by atoms with Gasteiger partial charge in [-0.25, -0.2) is 4.79 Å². The summed E-state index contributed by atoms with van der Waals surface area (Å²) in [6.07, 6.45) is 6.45. The molecule has 3 aromatic rings. The van der Waals surface area contributed by atoms with Crippen LogP contribution in [0.4, 0.5) is 4.79 Å². The summed E-state index contributed by atoms with van der Waals surface area (Å²) in [6.45, 7) is 6.85. The number of hydrogen-bond donors (Lipinski definition) is 0. The molecule has 28 heavy (non-hydrogen) atoms. The van der Waals surface area contributed by atoms with E-state index in [2.05, 4.69) is 20.1 Å². The van der Waals surface area contributed by atoms with Crippen LogP contribution in [0.5, 0.6) is 0 Å². The predicted molar refractivity (Wildman–Crippen MR) is 103 cm³/mol. The van der Waals surface area contributed by atoms with Gasteiger partial charge in [-0.15, -0.1) is 0 Å². The van der Waals surface area contributed by atoms with E-state index in [0.29, 0.717) is 24.8 Å². The van der Waals surface area contributed by atoms with E-state index in [1.165, 1.54) is 0 Å². The molecule has 0 saturated carbocycles. The second-order valence-corrected chi connectivity index (χ2v) is 7.99. The Hall–Kier alpha value is -3.03. The highest BCUT2D eigenvalue weighted by atomic mass is 16.6. The van der Waals surface area contributed by atoms with Gasteiger partial charge in [0.2, 0.25) is 0 Å². The van der Waals surface area contributed by atoms with Crippen LogP contribution in [0.3, 0.4) is 0 Å². The van der Waals surface area contributed by atoms with Crippen LogP contribution < -0.4 is 0 Å². The third-order valence-electron chi connectivity index (χ3n) is 4.69. The van der Waals surface area contributed by atoms with Gasteiger partial charge in [0.15, 0.2) is 5.82 Å². The maximum Gasteiger partial charge on any atom is 0.410 e. The van der Waals surface area contributed by atoms with Gasteiger partial charge >= 0.3 is 6.09 Å². The molecule has 8 nitrogen and oxygen atoms in total. The molecule has 4 heterocycles. The Morgan fingerprint density at radius 3 is 2.79 bits per heavy atom. The van der Waals surface area contributed by atoms with E-state index in [1.807, 2.05) is 32.9 Å². The summed E-state index contributed by atoms with van der Waals surface area (Å²) in [5.41, 5.74) is 1.12. The van der Waals surface area contributed by atoms with Crippen LogP contribution in [0.25, 0.3) is 22.4 Å². The molecule has 0 unspecified atom stereocenters. The summed E-state index contributed by atoms with van der Waals surface area (Å²) in [4.78, 5) is 27.0. The minimum absolute atomic E-state index is 0.161. The molecule has 1 amide bonds. The average molecular weight is 381 g/mol. The van der Waals surface area contributed by atoms with Crippen LogP contribution in [-0.4, -0.2) is 49.8 Å². The van der Waals surface area contributed by atoms with Crippen molar-refractivity contribution < 1.29 is 14.1 Å². The van der Waals surface area contributed by atoms with Gasteiger partial charge in [0.25, 0.3) is 5.89 Å². The van der Waals surface area contributed by atoms with Crippen molar-refractivity contribution in [2.24, 2.45) is 0 Å². The zero-order valence-corrected chi connectivity index (χ0v) is 16.3. The lowest BCUT2D eigenvalue weighted by Crippen LogP contribution is -2.41. The lowest BCUT2D eigenvalue weighted by atomic mass is 9.96. The maximum absolute atomic E-state index is 12.2. The fraction of sp³-hybridized carbons (Fsp3) is 0.450. The average Bonchev–Trinajstić information content (AvgIpc) is 3.16. The number of hydrogen-bond acceptors (Lipinski definition) is 7. The highest BCUT2D eigenvalue weighted by Crippen LogP contribution is 2.29. The number of pyridine rings is 2. The zero-order valence-electron chi connectivity index (χ0n) is 16.3. The van der Waals surface area contributed by atoms with Crippen LogP contribution in [0, 0.1) is 0 Å². The smallest absolute Gasteiger partial charge is 0.410 e. The number of rotatable bonds is 2. The van der Waals surface area contributed by atoms with Gasteiger partial charge in [0.1, 0.15) is 5.60 Å². The summed E-state index contributed by atoms with van der Waals surface area (Å²) < 4.78 is 10.9. The lowest BCUT2D eigenvalue weighted by Gasteiger charge is -2.32. The molecule has 8 heteroatoms. The van der Waals surface area contributed by atoms with Crippen molar-refractivity contribution in [3.63, 3.8) is 0 Å². The molecule has 0 atom stereocenters. The van der Waals surface area contributed by atoms with Crippen LogP contribution in [-0.2, 0) is 4.74 Å². The SMILES string of the molecule is CC(C)(C)OC(=O)N1CCC(c2noc(-c3cnc4cnccc4c3)n2)CC1. The van der Waals surface area contributed by atoms with Crippen LogP contribution in [0.15, 0.2) is 35.2 Å². The van der Waals surface area contributed by atoms with E-state index in [1.54, 1.807) is 23.5 Å². The van der Waals surface area contributed by atoms with E-state index in [-0.39, 0.29) is 12.0 Å². The van der Waals surface area contributed by atoms with Crippen molar-refractivity contribution in [3.05, 3.63) is 36.5 Å². The molecular weight excluding hydrogens is 358 g/mol. The number of nitrogens with zero attached hydrogens (tertiary/aromatic N) is 5. The molecule has 1 saturated heterocycles. The number of carbonyl (C=O) groups excluding carboxylic acids is 1. The fourth-order valence-electron chi connectivity index (χ4n) is 3.25. The number of fused-ring (bicyclic) bond motifs is 1. The standard InChI is InChI=1S/C20H23N5O3/c1-20(2,3)27-19(26)25-8-5-13(6-9-25)17-23-18(28-24-17)15-10-14-4-7-21-12-16(14)22-11-15/h4,7,10-13H,5-6,8-9H2,1-3H3. The Bertz CT molecular complexity index is 987. The quantitative estimate of drug-likeness (QED) is 0.666. The van der Waals surface area contributed by atoms with Gasteiger partial charge in [0.05, 0.1) is 17.3 Å². The van der Waals surface area contributed by atoms with E-state index in [0.717, 1.165) is 29.3 Å². The molecule has 0 N–H and O–H groups in total. The second kappa shape index (κ2) is 7.18. The third kappa shape index (κ3) is 3.95. The topological polar surface area (TPSA) is 94.2 Å². The first-order valence-electron chi connectivity index (χ1n) is 9.41. The second-order valence-electron chi connectivity index (χ2n) is 7.99. The molecule has 0 bridgehead atoms. The predicted octanol–water partition coefficient (Wildman–Crippen LogP) is 3.79. The highest BCUT2D eigenvalue weighted by Gasteiger charge is 2.29. The molecule has 1 fully saturated rings. The Labute approximate surface area is 162 Å². The fourth-order valence-corrected chi connectivity index (χ4v) is 3.25. The minimum atomic E-state index is -0.486. The molecule has 146 valence electrons. The molecule has 1 aliphatic heterocycles. The monoisotopic (exact) mass is 381 g/mol. The molecule has 0 aliphatic carbocycles. The van der Waals surface area contributed by atoms with E-state index >= 15 is 0 Å².